The van der Waals surface area contributed by atoms with Crippen molar-refractivity contribution in [3.05, 3.63) is 57.0 Å². The summed E-state index contributed by atoms with van der Waals surface area (Å²) >= 11 is 0. The molecule has 0 saturated heterocycles. The molecule has 0 saturated carbocycles. The molecule has 3 rings (SSSR count). The van der Waals surface area contributed by atoms with Crippen molar-refractivity contribution >= 4 is 0 Å². The standard InChI is InChI=1S/C15H18N2O.9CH4/c1-3-11-10-6-9(2)8-15(11,16)12-4-5-14(18)17-13(12)7-10;;;;;;;;;/h3-6,10H,7-8,16H2,1-2H3,(H,17,18);9*1H4/b11-3+;;;;;;;;;/t10-,15+;;;;;;;;;/m0........./s1. The van der Waals surface area contributed by atoms with Crippen molar-refractivity contribution in [3.8, 4) is 0 Å². The van der Waals surface area contributed by atoms with Gasteiger partial charge in [0.25, 0.3) is 0 Å². The monoisotopic (exact) mass is 386 g/mol. The predicted molar refractivity (Wildman–Crippen MR) is 133 cm³/mol. The van der Waals surface area contributed by atoms with E-state index in [1.807, 2.05) is 6.07 Å². The number of H-pyrrole nitrogens is 1. The molecule has 27 heavy (non-hydrogen) atoms. The third-order valence-electron chi connectivity index (χ3n) is 4.17. The lowest BCUT2D eigenvalue weighted by molar-refractivity contribution is 0.409. The summed E-state index contributed by atoms with van der Waals surface area (Å²) < 4.78 is 0. The van der Waals surface area contributed by atoms with Gasteiger partial charge in [0.1, 0.15) is 0 Å². The molecule has 0 unspecified atom stereocenters. The molecule has 3 heteroatoms. The zero-order chi connectivity index (χ0) is 12.9. The minimum absolute atomic E-state index is 0. The second-order valence-electron chi connectivity index (χ2n) is 5.43. The lowest BCUT2D eigenvalue weighted by Gasteiger charge is -2.45. The van der Waals surface area contributed by atoms with Gasteiger partial charge < -0.3 is 10.7 Å². The van der Waals surface area contributed by atoms with Crippen molar-refractivity contribution < 1.29 is 0 Å². The predicted octanol–water partition coefficient (Wildman–Crippen LogP) is 7.72. The van der Waals surface area contributed by atoms with Crippen molar-refractivity contribution in [1.29, 1.82) is 0 Å². The van der Waals surface area contributed by atoms with Crippen LogP contribution in [0.4, 0.5) is 0 Å². The molecule has 2 atom stereocenters. The van der Waals surface area contributed by atoms with E-state index >= 15 is 0 Å². The van der Waals surface area contributed by atoms with Crippen molar-refractivity contribution in [2.75, 3.05) is 0 Å². The van der Waals surface area contributed by atoms with Crippen LogP contribution in [-0.2, 0) is 12.0 Å². The molecule has 3 N–H and O–H groups in total. The number of rotatable bonds is 0. The zero-order valence-electron chi connectivity index (χ0n) is 10.8. The summed E-state index contributed by atoms with van der Waals surface area (Å²) in [6.45, 7) is 4.19. The molecular weight excluding hydrogens is 332 g/mol. The van der Waals surface area contributed by atoms with Crippen molar-refractivity contribution in [3.63, 3.8) is 0 Å². The Kier molecular flexibility index (Phi) is 25.6. The molecule has 0 aromatic carbocycles. The SMILES string of the molecule is C.C.C.C.C.C.C.C.C.C/C=C1\[C@H]2C=C(C)C[C@]1(N)c1ccc(=O)[nH]c1C2. The molecule has 1 aromatic rings. The van der Waals surface area contributed by atoms with Gasteiger partial charge in [-0.1, -0.05) is 84.6 Å². The Morgan fingerprint density at radius 2 is 1.56 bits per heavy atom. The van der Waals surface area contributed by atoms with E-state index < -0.39 is 5.54 Å². The molecule has 2 aliphatic rings. The Labute approximate surface area is 173 Å². The van der Waals surface area contributed by atoms with Crippen molar-refractivity contribution in [2.45, 2.75) is 99.1 Å². The van der Waals surface area contributed by atoms with Gasteiger partial charge in [0.05, 0.1) is 5.54 Å². The molecule has 0 spiro atoms. The Morgan fingerprint density at radius 3 is 2.04 bits per heavy atom. The summed E-state index contributed by atoms with van der Waals surface area (Å²) in [4.78, 5) is 14.4. The van der Waals surface area contributed by atoms with Crippen molar-refractivity contribution in [1.82, 2.24) is 4.98 Å². The lowest BCUT2D eigenvalue weighted by Crippen LogP contribution is -2.48. The topological polar surface area (TPSA) is 58.9 Å². The first-order valence-corrected chi connectivity index (χ1v) is 6.40. The quantitative estimate of drug-likeness (QED) is 0.448. The average molecular weight is 387 g/mol. The summed E-state index contributed by atoms with van der Waals surface area (Å²) in [7, 11) is 0. The van der Waals surface area contributed by atoms with Gasteiger partial charge in [0.2, 0.25) is 5.56 Å². The Bertz CT molecular complexity index is 626. The second kappa shape index (κ2) is 15.4. The van der Waals surface area contributed by atoms with Crippen LogP contribution in [0.15, 0.2) is 40.2 Å². The van der Waals surface area contributed by atoms with E-state index in [9.17, 15) is 4.79 Å². The fourth-order valence-corrected chi connectivity index (χ4v) is 3.57. The summed E-state index contributed by atoms with van der Waals surface area (Å²) in [5.74, 6) is 0.333. The van der Waals surface area contributed by atoms with Crippen molar-refractivity contribution in [2.24, 2.45) is 11.7 Å². The third-order valence-corrected chi connectivity index (χ3v) is 4.17. The van der Waals surface area contributed by atoms with Crippen LogP contribution in [0.3, 0.4) is 0 Å². The Balaban J connectivity index is -0.0000000889. The highest BCUT2D eigenvalue weighted by atomic mass is 16.1. The van der Waals surface area contributed by atoms with Crippen LogP contribution in [-0.4, -0.2) is 4.98 Å². The number of aromatic amines is 1. The summed E-state index contributed by atoms with van der Waals surface area (Å²) in [6, 6.07) is 3.47. The smallest absolute Gasteiger partial charge is 0.248 e. The number of pyridine rings is 1. The maximum atomic E-state index is 11.5. The van der Waals surface area contributed by atoms with Crippen LogP contribution in [0, 0.1) is 5.92 Å². The molecule has 3 nitrogen and oxygen atoms in total. The molecule has 0 fully saturated rings. The average Bonchev–Trinajstić information content (AvgIpc) is 2.26. The highest BCUT2D eigenvalue weighted by Gasteiger charge is 2.43. The number of hydrogen-bond acceptors (Lipinski definition) is 2. The normalized spacial score (nSPS) is 21.4. The first kappa shape index (κ1) is 44.7. The van der Waals surface area contributed by atoms with E-state index in [4.69, 9.17) is 5.73 Å². The zero-order valence-corrected chi connectivity index (χ0v) is 10.8. The number of fused-ring (bicyclic) bond motifs is 4. The fraction of sp³-hybridized carbons (Fsp3) is 0.625. The molecule has 0 amide bonds. The van der Waals surface area contributed by atoms with Gasteiger partial charge in [-0.15, -0.1) is 0 Å². The Hall–Kier alpha value is -1.61. The van der Waals surface area contributed by atoms with Crippen LogP contribution >= 0.6 is 0 Å². The van der Waals surface area contributed by atoms with Crippen LogP contribution in [0.5, 0.6) is 0 Å². The number of hydrogen-bond donors (Lipinski definition) is 2. The molecular formula is C24H54N2O. The van der Waals surface area contributed by atoms with Crippen LogP contribution in [0.2, 0.25) is 0 Å². The minimum Gasteiger partial charge on any atom is -0.326 e. The highest BCUT2D eigenvalue weighted by molar-refractivity contribution is 5.48. The number of allylic oxidation sites excluding steroid dienone is 2. The van der Waals surface area contributed by atoms with Gasteiger partial charge in [-0.3, -0.25) is 4.79 Å². The molecule has 1 aromatic heterocycles. The molecule has 2 aliphatic carbocycles. The van der Waals surface area contributed by atoms with Crippen LogP contribution < -0.4 is 11.3 Å². The van der Waals surface area contributed by atoms with E-state index in [1.54, 1.807) is 6.07 Å². The van der Waals surface area contributed by atoms with E-state index in [-0.39, 0.29) is 72.4 Å². The third kappa shape index (κ3) is 6.80. The maximum absolute atomic E-state index is 11.5. The largest absolute Gasteiger partial charge is 0.326 e. The second-order valence-corrected chi connectivity index (χ2v) is 5.43. The van der Waals surface area contributed by atoms with Gasteiger partial charge in [-0.25, -0.2) is 0 Å². The Morgan fingerprint density at radius 1 is 1.04 bits per heavy atom. The van der Waals surface area contributed by atoms with Crippen LogP contribution in [0.1, 0.15) is 98.4 Å². The minimum atomic E-state index is -0.434. The summed E-state index contributed by atoms with van der Waals surface area (Å²) in [5.41, 5.74) is 10.9. The molecule has 0 radical (unpaired) electrons. The van der Waals surface area contributed by atoms with Gasteiger partial charge in [-0.2, -0.15) is 0 Å². The van der Waals surface area contributed by atoms with E-state index in [0.29, 0.717) is 5.92 Å². The fourth-order valence-electron chi connectivity index (χ4n) is 3.57. The van der Waals surface area contributed by atoms with Gasteiger partial charge in [-0.05, 0) is 43.9 Å². The first-order valence-electron chi connectivity index (χ1n) is 6.40. The molecule has 0 aliphatic heterocycles. The molecule has 166 valence electrons. The number of aromatic nitrogens is 1. The first-order chi connectivity index (χ1) is 8.54. The van der Waals surface area contributed by atoms with E-state index in [2.05, 4.69) is 31.0 Å². The van der Waals surface area contributed by atoms with Crippen LogP contribution in [0.25, 0.3) is 0 Å². The maximum Gasteiger partial charge on any atom is 0.248 e. The summed E-state index contributed by atoms with van der Waals surface area (Å²) in [6.07, 6.45) is 6.11. The highest BCUT2D eigenvalue weighted by Crippen LogP contribution is 2.47. The number of nitrogens with two attached hydrogens (primary N) is 1. The van der Waals surface area contributed by atoms with Gasteiger partial charge in [0.15, 0.2) is 0 Å². The lowest BCUT2D eigenvalue weighted by atomic mass is 9.63. The summed E-state index contributed by atoms with van der Waals surface area (Å²) in [5, 5.41) is 0. The van der Waals surface area contributed by atoms with E-state index in [0.717, 1.165) is 24.1 Å². The molecule has 2 bridgehead atoms. The molecule has 1 heterocycles. The van der Waals surface area contributed by atoms with Gasteiger partial charge in [0, 0.05) is 17.7 Å². The number of nitrogens with one attached hydrogen (secondary N) is 1. The van der Waals surface area contributed by atoms with E-state index in [1.165, 1.54) is 11.1 Å². The van der Waals surface area contributed by atoms with Gasteiger partial charge >= 0.3 is 0 Å².